The molecule has 0 aliphatic rings. The van der Waals surface area contributed by atoms with Crippen molar-refractivity contribution in [3.8, 4) is 11.5 Å². The highest BCUT2D eigenvalue weighted by molar-refractivity contribution is 6.30. The molecule has 3 heteroatoms. The molecule has 0 aromatic heterocycles. The fraction of sp³-hybridized carbons (Fsp3) is 0.167. The molecule has 1 nitrogen and oxygen atoms in total. The summed E-state index contributed by atoms with van der Waals surface area (Å²) in [6.45, 7) is 3.69. The van der Waals surface area contributed by atoms with Crippen molar-refractivity contribution in [1.82, 2.24) is 0 Å². The van der Waals surface area contributed by atoms with Crippen LogP contribution in [0.5, 0.6) is 11.5 Å². The quantitative estimate of drug-likeness (QED) is 0.424. The number of hydrogen-bond donors (Lipinski definition) is 0. The van der Waals surface area contributed by atoms with Crippen LogP contribution in [0.2, 0.25) is 5.02 Å². The third-order valence-corrected chi connectivity index (χ3v) is 4.55. The average Bonchev–Trinajstić information content (AvgIpc) is 2.67. The van der Waals surface area contributed by atoms with Gasteiger partial charge in [-0.25, -0.2) is 4.39 Å². The second kappa shape index (κ2) is 8.88. The molecule has 27 heavy (non-hydrogen) atoms. The summed E-state index contributed by atoms with van der Waals surface area (Å²) in [6, 6.07) is 24.9. The van der Waals surface area contributed by atoms with Gasteiger partial charge in [-0.15, -0.1) is 0 Å². The molecular formula is C24H22ClFO. The van der Waals surface area contributed by atoms with E-state index in [-0.39, 0.29) is 17.7 Å². The molecule has 0 saturated heterocycles. The Morgan fingerprint density at radius 3 is 2.19 bits per heavy atom. The van der Waals surface area contributed by atoms with E-state index in [1.165, 1.54) is 0 Å². The van der Waals surface area contributed by atoms with Crippen LogP contribution in [0.3, 0.4) is 0 Å². The number of benzene rings is 3. The standard InChI is InChI=1S/C24H22ClFO/c1-17(2)24(26)16-23(18-11-13-20(25)14-12-18)19-7-6-10-22(15-19)27-21-8-4-3-5-9-21/h3-17,23H,1-2H3/b24-16-. The van der Waals surface area contributed by atoms with Gasteiger partial charge < -0.3 is 4.74 Å². The zero-order valence-electron chi connectivity index (χ0n) is 15.4. The highest BCUT2D eigenvalue weighted by Gasteiger charge is 2.15. The van der Waals surface area contributed by atoms with Crippen LogP contribution in [0.4, 0.5) is 4.39 Å². The number of hydrogen-bond acceptors (Lipinski definition) is 1. The maximum absolute atomic E-state index is 14.5. The monoisotopic (exact) mass is 380 g/mol. The summed E-state index contributed by atoms with van der Waals surface area (Å²) < 4.78 is 20.4. The summed E-state index contributed by atoms with van der Waals surface area (Å²) in [5.41, 5.74) is 1.94. The molecule has 1 unspecified atom stereocenters. The molecule has 0 N–H and O–H groups in total. The lowest BCUT2D eigenvalue weighted by Crippen LogP contribution is -2.01. The van der Waals surface area contributed by atoms with Crippen LogP contribution in [0.1, 0.15) is 30.9 Å². The van der Waals surface area contributed by atoms with Crippen molar-refractivity contribution in [3.05, 3.63) is 107 Å². The topological polar surface area (TPSA) is 9.23 Å². The lowest BCUT2D eigenvalue weighted by atomic mass is 9.89. The first-order chi connectivity index (χ1) is 13.0. The van der Waals surface area contributed by atoms with Crippen molar-refractivity contribution in [1.29, 1.82) is 0 Å². The van der Waals surface area contributed by atoms with Crippen LogP contribution in [0.15, 0.2) is 90.8 Å². The van der Waals surface area contributed by atoms with E-state index < -0.39 is 0 Å². The smallest absolute Gasteiger partial charge is 0.127 e. The zero-order valence-corrected chi connectivity index (χ0v) is 16.2. The second-order valence-electron chi connectivity index (χ2n) is 6.72. The summed E-state index contributed by atoms with van der Waals surface area (Å²) >= 11 is 6.02. The molecule has 0 aliphatic heterocycles. The largest absolute Gasteiger partial charge is 0.457 e. The summed E-state index contributed by atoms with van der Waals surface area (Å²) in [5.74, 6) is 0.967. The van der Waals surface area contributed by atoms with E-state index in [1.54, 1.807) is 6.08 Å². The van der Waals surface area contributed by atoms with Crippen LogP contribution in [0, 0.1) is 5.92 Å². The number of ether oxygens (including phenoxy) is 1. The van der Waals surface area contributed by atoms with E-state index in [2.05, 4.69) is 0 Å². The molecule has 3 rings (SSSR count). The Kier molecular flexibility index (Phi) is 6.31. The number of rotatable bonds is 6. The molecule has 3 aromatic rings. The predicted molar refractivity (Wildman–Crippen MR) is 110 cm³/mol. The fourth-order valence-electron chi connectivity index (χ4n) is 2.80. The molecule has 0 heterocycles. The van der Waals surface area contributed by atoms with Crippen molar-refractivity contribution in [3.63, 3.8) is 0 Å². The van der Waals surface area contributed by atoms with Gasteiger partial charge in [0.05, 0.1) is 5.83 Å². The van der Waals surface area contributed by atoms with Crippen LogP contribution in [-0.2, 0) is 0 Å². The minimum atomic E-state index is -0.219. The summed E-state index contributed by atoms with van der Waals surface area (Å²) in [4.78, 5) is 0. The Bertz CT molecular complexity index is 901. The minimum Gasteiger partial charge on any atom is -0.457 e. The molecule has 0 radical (unpaired) electrons. The van der Waals surface area contributed by atoms with Gasteiger partial charge >= 0.3 is 0 Å². The first-order valence-corrected chi connectivity index (χ1v) is 9.36. The van der Waals surface area contributed by atoms with Crippen LogP contribution in [-0.4, -0.2) is 0 Å². The van der Waals surface area contributed by atoms with E-state index >= 15 is 0 Å². The second-order valence-corrected chi connectivity index (χ2v) is 7.16. The van der Waals surface area contributed by atoms with Crippen LogP contribution >= 0.6 is 11.6 Å². The lowest BCUT2D eigenvalue weighted by Gasteiger charge is -2.17. The number of halogens is 2. The first kappa shape index (κ1) is 19.2. The molecule has 0 bridgehead atoms. The molecule has 138 valence electrons. The van der Waals surface area contributed by atoms with Gasteiger partial charge in [0.15, 0.2) is 0 Å². The van der Waals surface area contributed by atoms with Gasteiger partial charge in [-0.05, 0) is 53.6 Å². The molecule has 1 atom stereocenters. The van der Waals surface area contributed by atoms with Crippen LogP contribution in [0.25, 0.3) is 0 Å². The Morgan fingerprint density at radius 1 is 0.852 bits per heavy atom. The van der Waals surface area contributed by atoms with E-state index in [0.717, 1.165) is 22.6 Å². The maximum atomic E-state index is 14.5. The highest BCUT2D eigenvalue weighted by atomic mass is 35.5. The van der Waals surface area contributed by atoms with Crippen molar-refractivity contribution in [2.24, 2.45) is 5.92 Å². The third-order valence-electron chi connectivity index (χ3n) is 4.30. The maximum Gasteiger partial charge on any atom is 0.127 e. The normalized spacial score (nSPS) is 12.9. The lowest BCUT2D eigenvalue weighted by molar-refractivity contribution is 0.481. The van der Waals surface area contributed by atoms with Crippen LogP contribution < -0.4 is 4.74 Å². The fourth-order valence-corrected chi connectivity index (χ4v) is 2.93. The Balaban J connectivity index is 1.98. The van der Waals surface area contributed by atoms with Crippen molar-refractivity contribution >= 4 is 11.6 Å². The van der Waals surface area contributed by atoms with Gasteiger partial charge in [0.1, 0.15) is 11.5 Å². The molecule has 0 amide bonds. The van der Waals surface area contributed by atoms with E-state index in [0.29, 0.717) is 5.02 Å². The highest BCUT2D eigenvalue weighted by Crippen LogP contribution is 2.33. The van der Waals surface area contributed by atoms with Gasteiger partial charge in [0, 0.05) is 16.9 Å². The average molecular weight is 381 g/mol. The SMILES string of the molecule is CC(C)/C(F)=C/C(c1ccc(Cl)cc1)c1cccc(Oc2ccccc2)c1. The van der Waals surface area contributed by atoms with Gasteiger partial charge in [-0.1, -0.05) is 67.9 Å². The minimum absolute atomic E-state index is 0.135. The molecular weight excluding hydrogens is 359 g/mol. The van der Waals surface area contributed by atoms with Gasteiger partial charge in [0.2, 0.25) is 0 Å². The molecule has 3 aromatic carbocycles. The molecule has 0 aliphatic carbocycles. The van der Waals surface area contributed by atoms with Crippen molar-refractivity contribution < 1.29 is 9.13 Å². The molecule has 0 spiro atoms. The van der Waals surface area contributed by atoms with Crippen molar-refractivity contribution in [2.45, 2.75) is 19.8 Å². The van der Waals surface area contributed by atoms with E-state index in [9.17, 15) is 4.39 Å². The Hall–Kier alpha value is -2.58. The summed E-state index contributed by atoms with van der Waals surface area (Å²) in [6.07, 6.45) is 1.68. The summed E-state index contributed by atoms with van der Waals surface area (Å²) in [5, 5.41) is 0.659. The first-order valence-electron chi connectivity index (χ1n) is 8.98. The van der Waals surface area contributed by atoms with Gasteiger partial charge in [0.25, 0.3) is 0 Å². The Morgan fingerprint density at radius 2 is 1.52 bits per heavy atom. The summed E-state index contributed by atoms with van der Waals surface area (Å²) in [7, 11) is 0. The van der Waals surface area contributed by atoms with E-state index in [4.69, 9.17) is 16.3 Å². The predicted octanol–water partition coefficient (Wildman–Crippen LogP) is 7.77. The zero-order chi connectivity index (χ0) is 19.2. The van der Waals surface area contributed by atoms with E-state index in [1.807, 2.05) is 92.7 Å². The number of allylic oxidation sites excluding steroid dienone is 2. The number of para-hydroxylation sites is 1. The van der Waals surface area contributed by atoms with Gasteiger partial charge in [-0.3, -0.25) is 0 Å². The Labute approximate surface area is 165 Å². The third kappa shape index (κ3) is 5.21. The molecule has 0 saturated carbocycles. The van der Waals surface area contributed by atoms with Gasteiger partial charge in [-0.2, -0.15) is 0 Å². The van der Waals surface area contributed by atoms with Crippen molar-refractivity contribution in [2.75, 3.05) is 0 Å². The molecule has 0 fully saturated rings.